The third-order valence-electron chi connectivity index (χ3n) is 5.55. The highest BCUT2D eigenvalue weighted by atomic mass is 16.3. The summed E-state index contributed by atoms with van der Waals surface area (Å²) in [7, 11) is 0. The van der Waals surface area contributed by atoms with Crippen LogP contribution in [0.25, 0.3) is 0 Å². The van der Waals surface area contributed by atoms with Gasteiger partial charge in [0.2, 0.25) is 0 Å². The molecule has 2 bridgehead atoms. The van der Waals surface area contributed by atoms with Crippen LogP contribution in [0, 0.1) is 16.7 Å². The van der Waals surface area contributed by atoms with Crippen molar-refractivity contribution < 1.29 is 9.21 Å². The summed E-state index contributed by atoms with van der Waals surface area (Å²) in [6.45, 7) is 6.92. The lowest BCUT2D eigenvalue weighted by Gasteiger charge is -2.34. The van der Waals surface area contributed by atoms with Gasteiger partial charge in [-0.1, -0.05) is 20.8 Å². The largest absolute Gasteiger partial charge is 0.459 e. The minimum absolute atomic E-state index is 0.119. The second kappa shape index (κ2) is 3.95. The van der Waals surface area contributed by atoms with E-state index < -0.39 is 0 Å². The number of rotatable bonds is 2. The Morgan fingerprint density at radius 3 is 2.79 bits per heavy atom. The van der Waals surface area contributed by atoms with Gasteiger partial charge in [0, 0.05) is 11.1 Å². The van der Waals surface area contributed by atoms with Crippen molar-refractivity contribution in [3.8, 4) is 0 Å². The Labute approximate surface area is 113 Å². The van der Waals surface area contributed by atoms with E-state index in [1.54, 1.807) is 12.1 Å². The number of fused-ring (bicyclic) bond motifs is 2. The van der Waals surface area contributed by atoms with Gasteiger partial charge in [-0.2, -0.15) is 5.10 Å². The van der Waals surface area contributed by atoms with Crippen molar-refractivity contribution in [1.82, 2.24) is 5.43 Å². The summed E-state index contributed by atoms with van der Waals surface area (Å²) in [6.07, 6.45) is 4.93. The molecule has 4 heteroatoms. The van der Waals surface area contributed by atoms with Gasteiger partial charge in [0.15, 0.2) is 5.76 Å². The average Bonchev–Trinajstić information content (AvgIpc) is 3.01. The van der Waals surface area contributed by atoms with E-state index in [0.717, 1.165) is 12.1 Å². The van der Waals surface area contributed by atoms with E-state index >= 15 is 0 Å². The Balaban J connectivity index is 1.78. The van der Waals surface area contributed by atoms with Gasteiger partial charge < -0.3 is 4.42 Å². The monoisotopic (exact) mass is 260 g/mol. The van der Waals surface area contributed by atoms with Gasteiger partial charge in [0.25, 0.3) is 0 Å². The molecule has 1 aromatic heterocycles. The van der Waals surface area contributed by atoms with Crippen LogP contribution in [-0.2, 0) is 0 Å². The van der Waals surface area contributed by atoms with E-state index in [2.05, 4.69) is 31.3 Å². The zero-order valence-electron chi connectivity index (χ0n) is 11.7. The van der Waals surface area contributed by atoms with Crippen LogP contribution in [0.3, 0.4) is 0 Å². The second-order valence-corrected chi connectivity index (χ2v) is 6.47. The number of nitrogens with one attached hydrogen (secondary N) is 1. The number of hydrogen-bond donors (Lipinski definition) is 1. The van der Waals surface area contributed by atoms with Gasteiger partial charge in [-0.3, -0.25) is 4.79 Å². The number of furan rings is 1. The lowest BCUT2D eigenvalue weighted by atomic mass is 9.70. The first-order valence-electron chi connectivity index (χ1n) is 6.86. The molecule has 2 aliphatic carbocycles. The molecule has 1 amide bonds. The first kappa shape index (κ1) is 12.5. The Morgan fingerprint density at radius 2 is 2.26 bits per heavy atom. The number of amides is 1. The zero-order chi connectivity index (χ0) is 13.7. The lowest BCUT2D eigenvalue weighted by molar-refractivity contribution is 0.0926. The molecule has 0 spiro atoms. The van der Waals surface area contributed by atoms with Gasteiger partial charge in [-0.25, -0.2) is 5.43 Å². The van der Waals surface area contributed by atoms with Crippen LogP contribution < -0.4 is 5.43 Å². The minimum Gasteiger partial charge on any atom is -0.459 e. The molecule has 19 heavy (non-hydrogen) atoms. The summed E-state index contributed by atoms with van der Waals surface area (Å²) in [4.78, 5) is 11.8. The SMILES string of the molecule is CC1(C)[C@@H]2CC[C@@]1(C)/C(=N/NC(=O)c1ccco1)C2. The summed E-state index contributed by atoms with van der Waals surface area (Å²) in [6, 6.07) is 3.34. The molecule has 2 atom stereocenters. The predicted octanol–water partition coefficient (Wildman–Crippen LogP) is 3.21. The smallest absolute Gasteiger partial charge is 0.307 e. The van der Waals surface area contributed by atoms with Crippen molar-refractivity contribution in [3.63, 3.8) is 0 Å². The van der Waals surface area contributed by atoms with Crippen LogP contribution in [0.4, 0.5) is 0 Å². The van der Waals surface area contributed by atoms with E-state index in [1.807, 2.05) is 0 Å². The van der Waals surface area contributed by atoms with Crippen LogP contribution in [0.2, 0.25) is 0 Å². The van der Waals surface area contributed by atoms with Crippen molar-refractivity contribution in [1.29, 1.82) is 0 Å². The maximum absolute atomic E-state index is 11.8. The molecular weight excluding hydrogens is 240 g/mol. The topological polar surface area (TPSA) is 54.6 Å². The summed E-state index contributed by atoms with van der Waals surface area (Å²) >= 11 is 0. The summed E-state index contributed by atoms with van der Waals surface area (Å²) in [5, 5.41) is 4.39. The van der Waals surface area contributed by atoms with Gasteiger partial charge in [0.1, 0.15) is 0 Å². The highest BCUT2D eigenvalue weighted by Gasteiger charge is 2.59. The fourth-order valence-corrected chi connectivity index (χ4v) is 3.68. The molecule has 102 valence electrons. The fourth-order valence-electron chi connectivity index (χ4n) is 3.68. The molecule has 0 aromatic carbocycles. The lowest BCUT2D eigenvalue weighted by Crippen LogP contribution is -2.34. The predicted molar refractivity (Wildman–Crippen MR) is 72.8 cm³/mol. The van der Waals surface area contributed by atoms with Crippen molar-refractivity contribution in [2.24, 2.45) is 21.8 Å². The molecule has 0 aliphatic heterocycles. The Bertz CT molecular complexity index is 530. The summed E-state index contributed by atoms with van der Waals surface area (Å²) < 4.78 is 5.06. The first-order chi connectivity index (χ1) is 8.95. The van der Waals surface area contributed by atoms with Crippen LogP contribution in [0.1, 0.15) is 50.6 Å². The molecule has 1 heterocycles. The van der Waals surface area contributed by atoms with Crippen LogP contribution >= 0.6 is 0 Å². The Hall–Kier alpha value is -1.58. The van der Waals surface area contributed by atoms with Crippen LogP contribution in [0.15, 0.2) is 27.9 Å². The average molecular weight is 260 g/mol. The molecule has 2 saturated carbocycles. The van der Waals surface area contributed by atoms with Crippen molar-refractivity contribution in [3.05, 3.63) is 24.2 Å². The Kier molecular flexibility index (Phi) is 2.59. The van der Waals surface area contributed by atoms with Crippen molar-refractivity contribution in [2.75, 3.05) is 0 Å². The highest BCUT2D eigenvalue weighted by molar-refractivity contribution is 5.97. The van der Waals surface area contributed by atoms with Gasteiger partial charge >= 0.3 is 5.91 Å². The second-order valence-electron chi connectivity index (χ2n) is 6.47. The van der Waals surface area contributed by atoms with E-state index in [-0.39, 0.29) is 16.7 Å². The molecule has 3 rings (SSSR count). The Morgan fingerprint density at radius 1 is 1.47 bits per heavy atom. The van der Waals surface area contributed by atoms with E-state index in [9.17, 15) is 4.79 Å². The molecule has 2 aliphatic rings. The van der Waals surface area contributed by atoms with Gasteiger partial charge in [0.05, 0.1) is 6.26 Å². The minimum atomic E-state index is -0.276. The molecule has 1 aromatic rings. The van der Waals surface area contributed by atoms with Gasteiger partial charge in [-0.15, -0.1) is 0 Å². The summed E-state index contributed by atoms with van der Waals surface area (Å²) in [5.41, 5.74) is 4.16. The van der Waals surface area contributed by atoms with Crippen molar-refractivity contribution >= 4 is 11.6 Å². The number of hydrogen-bond acceptors (Lipinski definition) is 3. The fraction of sp³-hybridized carbons (Fsp3) is 0.600. The molecule has 0 radical (unpaired) electrons. The third kappa shape index (κ3) is 1.66. The normalized spacial score (nSPS) is 33.8. The molecule has 0 saturated heterocycles. The third-order valence-corrected chi connectivity index (χ3v) is 5.55. The standard InChI is InChI=1S/C15H20N2O2/c1-14(2)10-6-7-15(14,3)12(9-10)16-17-13(18)11-5-4-8-19-11/h4-5,8,10H,6-7,9H2,1-3H3,(H,17,18)/b16-12+/t10-,15+/m1/s1. The first-order valence-corrected chi connectivity index (χ1v) is 6.86. The van der Waals surface area contributed by atoms with E-state index in [1.165, 1.54) is 19.1 Å². The zero-order valence-corrected chi connectivity index (χ0v) is 11.7. The molecular formula is C15H20N2O2. The number of carbonyl (C=O) groups excluding carboxylic acids is 1. The highest BCUT2D eigenvalue weighted by Crippen LogP contribution is 2.63. The maximum Gasteiger partial charge on any atom is 0.307 e. The summed E-state index contributed by atoms with van der Waals surface area (Å²) in [5.74, 6) is 0.718. The van der Waals surface area contributed by atoms with Crippen LogP contribution in [0.5, 0.6) is 0 Å². The molecule has 0 unspecified atom stereocenters. The molecule has 2 fully saturated rings. The van der Waals surface area contributed by atoms with E-state index in [4.69, 9.17) is 4.42 Å². The molecule has 4 nitrogen and oxygen atoms in total. The van der Waals surface area contributed by atoms with Gasteiger partial charge in [-0.05, 0) is 42.7 Å². The quantitative estimate of drug-likeness (QED) is 0.830. The number of nitrogens with zero attached hydrogens (tertiary/aromatic N) is 1. The van der Waals surface area contributed by atoms with E-state index in [0.29, 0.717) is 11.7 Å². The van der Waals surface area contributed by atoms with Crippen molar-refractivity contribution in [2.45, 2.75) is 40.0 Å². The van der Waals surface area contributed by atoms with Crippen LogP contribution in [-0.4, -0.2) is 11.6 Å². The molecule has 1 N–H and O–H groups in total. The number of carbonyl (C=O) groups is 1. The number of hydrazone groups is 1. The maximum atomic E-state index is 11.8.